The van der Waals surface area contributed by atoms with Gasteiger partial charge in [-0.05, 0) is 6.07 Å². The van der Waals surface area contributed by atoms with Gasteiger partial charge in [-0.2, -0.15) is 0 Å². The third-order valence-corrected chi connectivity index (χ3v) is 3.94. The van der Waals surface area contributed by atoms with E-state index in [-0.39, 0.29) is 13.2 Å². The van der Waals surface area contributed by atoms with Crippen LogP contribution in [0, 0.1) is 0 Å². The van der Waals surface area contributed by atoms with Crippen molar-refractivity contribution in [1.29, 1.82) is 0 Å². The second-order valence-corrected chi connectivity index (χ2v) is 5.04. The minimum absolute atomic E-state index is 0.164. The van der Waals surface area contributed by atoms with Crippen LogP contribution in [0.3, 0.4) is 0 Å². The van der Waals surface area contributed by atoms with Crippen LogP contribution in [0.1, 0.15) is 5.56 Å². The lowest BCUT2D eigenvalue weighted by Gasteiger charge is -2.16. The zero-order chi connectivity index (χ0) is 12.1. The molecule has 4 heteroatoms. The summed E-state index contributed by atoms with van der Waals surface area (Å²) in [5, 5.41) is 21.5. The van der Waals surface area contributed by atoms with Gasteiger partial charge in [-0.15, -0.1) is 11.3 Å². The molecule has 1 aromatic heterocycles. The topological polar surface area (TPSA) is 44.9 Å². The minimum atomic E-state index is 0.164. The van der Waals surface area contributed by atoms with Gasteiger partial charge in [-0.25, -0.2) is 0 Å². The average molecular weight is 252 g/mol. The molecule has 0 aliphatic heterocycles. The molecule has 0 spiro atoms. The van der Waals surface area contributed by atoms with E-state index in [9.17, 15) is 0 Å². The zero-order valence-electron chi connectivity index (χ0n) is 9.72. The van der Waals surface area contributed by atoms with Crippen molar-refractivity contribution in [3.8, 4) is 0 Å². The Labute approximate surface area is 105 Å². The average Bonchev–Trinajstić information content (AvgIpc) is 2.74. The fourth-order valence-electron chi connectivity index (χ4n) is 2.06. The van der Waals surface area contributed by atoms with Gasteiger partial charge in [0, 0.05) is 21.0 Å². The zero-order valence-corrected chi connectivity index (χ0v) is 10.5. The van der Waals surface area contributed by atoms with Gasteiger partial charge in [0.2, 0.25) is 0 Å². The molecule has 0 unspecified atom stereocenters. The molecule has 2 aromatic rings. The molecule has 2 rings (SSSR count). The van der Waals surface area contributed by atoms with Gasteiger partial charge in [-0.3, -0.25) is 0 Å². The molecule has 0 fully saturated rings. The Morgan fingerprint density at radius 3 is 2.47 bits per heavy atom. The van der Waals surface area contributed by atoms with E-state index in [1.165, 1.54) is 20.5 Å². The predicted octanol–water partition coefficient (Wildman–Crippen LogP) is 0.271. The summed E-state index contributed by atoms with van der Waals surface area (Å²) < 4.78 is 1.30. The largest absolute Gasteiger partial charge is 0.391 e. The van der Waals surface area contributed by atoms with Crippen molar-refractivity contribution in [2.45, 2.75) is 6.54 Å². The quantitative estimate of drug-likeness (QED) is 0.691. The SMILES string of the molecule is OCC[NH+](CCO)Cc1csc2ccccc12. The van der Waals surface area contributed by atoms with Gasteiger partial charge in [0.15, 0.2) is 0 Å². The Morgan fingerprint density at radius 2 is 1.76 bits per heavy atom. The maximum Gasteiger partial charge on any atom is 0.104 e. The number of aliphatic hydroxyl groups is 2. The summed E-state index contributed by atoms with van der Waals surface area (Å²) in [5.41, 5.74) is 1.31. The molecule has 92 valence electrons. The third-order valence-electron chi connectivity index (χ3n) is 2.93. The first-order valence-electron chi connectivity index (χ1n) is 5.85. The summed E-state index contributed by atoms with van der Waals surface area (Å²) in [6, 6.07) is 8.36. The van der Waals surface area contributed by atoms with Crippen LogP contribution >= 0.6 is 11.3 Å². The number of thiophene rings is 1. The minimum Gasteiger partial charge on any atom is -0.391 e. The van der Waals surface area contributed by atoms with Crippen LogP contribution in [0.15, 0.2) is 29.6 Å². The van der Waals surface area contributed by atoms with Gasteiger partial charge in [0.1, 0.15) is 19.6 Å². The van der Waals surface area contributed by atoms with E-state index in [2.05, 4.69) is 29.6 Å². The van der Waals surface area contributed by atoms with Crippen LogP contribution in [-0.4, -0.2) is 36.5 Å². The van der Waals surface area contributed by atoms with Crippen molar-refractivity contribution >= 4 is 21.4 Å². The van der Waals surface area contributed by atoms with Gasteiger partial charge in [0.25, 0.3) is 0 Å². The lowest BCUT2D eigenvalue weighted by atomic mass is 10.1. The highest BCUT2D eigenvalue weighted by Gasteiger charge is 2.11. The molecule has 17 heavy (non-hydrogen) atoms. The maximum atomic E-state index is 9.01. The van der Waals surface area contributed by atoms with Crippen LogP contribution in [0.2, 0.25) is 0 Å². The Hall–Kier alpha value is -0.940. The summed E-state index contributed by atoms with van der Waals surface area (Å²) in [6.45, 7) is 2.56. The van der Waals surface area contributed by atoms with Crippen LogP contribution in [0.4, 0.5) is 0 Å². The van der Waals surface area contributed by atoms with Gasteiger partial charge < -0.3 is 15.1 Å². The lowest BCUT2D eigenvalue weighted by molar-refractivity contribution is -0.914. The Morgan fingerprint density at radius 1 is 1.06 bits per heavy atom. The van der Waals surface area contributed by atoms with E-state index in [1.54, 1.807) is 11.3 Å². The van der Waals surface area contributed by atoms with Crippen LogP contribution < -0.4 is 4.90 Å². The van der Waals surface area contributed by atoms with Gasteiger partial charge in [-0.1, -0.05) is 18.2 Å². The molecule has 0 bridgehead atoms. The van der Waals surface area contributed by atoms with Crippen LogP contribution in [-0.2, 0) is 6.54 Å². The summed E-state index contributed by atoms with van der Waals surface area (Å²) in [5.74, 6) is 0. The molecule has 3 nitrogen and oxygen atoms in total. The van der Waals surface area contributed by atoms with Crippen molar-refractivity contribution in [1.82, 2.24) is 0 Å². The number of hydrogen-bond donors (Lipinski definition) is 3. The maximum absolute atomic E-state index is 9.01. The molecule has 0 radical (unpaired) electrons. The molecule has 0 aliphatic carbocycles. The number of nitrogens with one attached hydrogen (secondary N) is 1. The van der Waals surface area contributed by atoms with Crippen molar-refractivity contribution in [2.75, 3.05) is 26.3 Å². The number of benzene rings is 1. The Kier molecular flexibility index (Phi) is 4.50. The lowest BCUT2D eigenvalue weighted by Crippen LogP contribution is -3.11. The Bertz CT molecular complexity index is 463. The first-order valence-corrected chi connectivity index (χ1v) is 6.73. The van der Waals surface area contributed by atoms with E-state index in [0.29, 0.717) is 13.1 Å². The van der Waals surface area contributed by atoms with Crippen molar-refractivity contribution in [3.05, 3.63) is 35.2 Å². The molecular formula is C13H18NO2S+. The fraction of sp³-hybridized carbons (Fsp3) is 0.385. The predicted molar refractivity (Wildman–Crippen MR) is 70.4 cm³/mol. The summed E-state index contributed by atoms with van der Waals surface area (Å²) in [6.07, 6.45) is 0. The second-order valence-electron chi connectivity index (χ2n) is 4.13. The third kappa shape index (κ3) is 3.04. The van der Waals surface area contributed by atoms with Crippen molar-refractivity contribution in [2.24, 2.45) is 0 Å². The standard InChI is InChI=1S/C13H17NO2S/c15-7-5-14(6-8-16)9-11-10-17-13-4-2-1-3-12(11)13/h1-4,10,15-16H,5-9H2/p+1. The number of quaternary nitrogens is 1. The molecular weight excluding hydrogens is 234 g/mol. The van der Waals surface area contributed by atoms with Crippen molar-refractivity contribution in [3.63, 3.8) is 0 Å². The van der Waals surface area contributed by atoms with Crippen LogP contribution in [0.25, 0.3) is 10.1 Å². The van der Waals surface area contributed by atoms with E-state index in [1.807, 2.05) is 0 Å². The van der Waals surface area contributed by atoms with Gasteiger partial charge in [0.05, 0.1) is 13.2 Å². The van der Waals surface area contributed by atoms with E-state index >= 15 is 0 Å². The first kappa shape index (κ1) is 12.5. The highest BCUT2D eigenvalue weighted by atomic mass is 32.1. The molecule has 1 aromatic carbocycles. The normalized spacial score (nSPS) is 11.5. The number of rotatable bonds is 6. The molecule has 0 atom stereocenters. The number of hydrogen-bond acceptors (Lipinski definition) is 3. The van der Waals surface area contributed by atoms with E-state index in [4.69, 9.17) is 10.2 Å². The molecule has 0 saturated heterocycles. The summed E-state index contributed by atoms with van der Waals surface area (Å²) in [7, 11) is 0. The first-order chi connectivity index (χ1) is 8.35. The smallest absolute Gasteiger partial charge is 0.104 e. The summed E-state index contributed by atoms with van der Waals surface area (Å²) >= 11 is 1.75. The highest BCUT2D eigenvalue weighted by Crippen LogP contribution is 2.24. The number of fused-ring (bicyclic) bond motifs is 1. The van der Waals surface area contributed by atoms with Crippen molar-refractivity contribution < 1.29 is 15.1 Å². The second kappa shape index (κ2) is 6.12. The monoisotopic (exact) mass is 252 g/mol. The molecule has 1 heterocycles. The van der Waals surface area contributed by atoms with E-state index < -0.39 is 0 Å². The molecule has 0 aliphatic rings. The number of aliphatic hydroxyl groups excluding tert-OH is 2. The van der Waals surface area contributed by atoms with Gasteiger partial charge >= 0.3 is 0 Å². The fourth-order valence-corrected chi connectivity index (χ4v) is 3.02. The van der Waals surface area contributed by atoms with E-state index in [0.717, 1.165) is 6.54 Å². The Balaban J connectivity index is 2.15. The summed E-state index contributed by atoms with van der Waals surface area (Å²) in [4.78, 5) is 1.22. The highest BCUT2D eigenvalue weighted by molar-refractivity contribution is 7.17. The molecule has 0 saturated carbocycles. The molecule has 3 N–H and O–H groups in total. The van der Waals surface area contributed by atoms with Crippen LogP contribution in [0.5, 0.6) is 0 Å². The molecule has 0 amide bonds.